The highest BCUT2D eigenvalue weighted by Gasteiger charge is 2.33. The van der Waals surface area contributed by atoms with Crippen LogP contribution in [0.5, 0.6) is 0 Å². The fourth-order valence-electron chi connectivity index (χ4n) is 2.23. The summed E-state index contributed by atoms with van der Waals surface area (Å²) in [6.45, 7) is 11.0. The Kier molecular flexibility index (Phi) is 9.21. The molecule has 0 aliphatic carbocycles. The highest BCUT2D eigenvalue weighted by molar-refractivity contribution is 5.93. The Morgan fingerprint density at radius 2 is 2.04 bits per heavy atom. The van der Waals surface area contributed by atoms with Crippen LogP contribution < -0.4 is 0 Å². The van der Waals surface area contributed by atoms with Crippen molar-refractivity contribution >= 4 is 5.97 Å². The topological polar surface area (TPSA) is 81.0 Å². The third-order valence-electron chi connectivity index (χ3n) is 3.41. The summed E-state index contributed by atoms with van der Waals surface area (Å²) in [5, 5.41) is 9.07. The number of nitrogens with zero attached hydrogens (tertiary/aromatic N) is 2. The van der Waals surface area contributed by atoms with E-state index in [0.717, 1.165) is 13.1 Å². The lowest BCUT2D eigenvalue weighted by atomic mass is 10.2. The van der Waals surface area contributed by atoms with Crippen molar-refractivity contribution in [3.63, 3.8) is 0 Å². The van der Waals surface area contributed by atoms with Crippen molar-refractivity contribution in [1.29, 1.82) is 5.26 Å². The Morgan fingerprint density at radius 1 is 1.36 bits per heavy atom. The number of esters is 1. The molecular formula is C18H28N2O5. The maximum Gasteiger partial charge on any atom is 0.348 e. The molecule has 2 saturated heterocycles. The first-order valence-corrected chi connectivity index (χ1v) is 8.59. The molecule has 0 aromatic rings. The van der Waals surface area contributed by atoms with Crippen LogP contribution in [0.2, 0.25) is 0 Å². The van der Waals surface area contributed by atoms with Gasteiger partial charge in [-0.3, -0.25) is 0 Å². The number of carbonyl (C=O) groups is 1. The van der Waals surface area contributed by atoms with E-state index in [1.165, 1.54) is 6.08 Å². The van der Waals surface area contributed by atoms with Crippen molar-refractivity contribution in [2.75, 3.05) is 39.5 Å². The summed E-state index contributed by atoms with van der Waals surface area (Å²) in [6.07, 6.45) is 4.65. The average molecular weight is 352 g/mol. The molecule has 2 aliphatic rings. The van der Waals surface area contributed by atoms with E-state index in [1.807, 2.05) is 26.1 Å². The molecule has 25 heavy (non-hydrogen) atoms. The van der Waals surface area contributed by atoms with Crippen LogP contribution in [0.15, 0.2) is 23.9 Å². The van der Waals surface area contributed by atoms with Gasteiger partial charge in [0.15, 0.2) is 5.79 Å². The Balaban J connectivity index is 0.00000151. The number of ether oxygens (including phenoxy) is 4. The van der Waals surface area contributed by atoms with Crippen LogP contribution in [0.4, 0.5) is 0 Å². The van der Waals surface area contributed by atoms with Gasteiger partial charge in [0.2, 0.25) is 0 Å². The second kappa shape index (κ2) is 10.9. The van der Waals surface area contributed by atoms with Crippen molar-refractivity contribution < 1.29 is 23.7 Å². The summed E-state index contributed by atoms with van der Waals surface area (Å²) in [6, 6.07) is 1.85. The molecule has 0 aromatic carbocycles. The number of rotatable bonds is 5. The molecule has 7 nitrogen and oxygen atoms in total. The van der Waals surface area contributed by atoms with E-state index >= 15 is 0 Å². The van der Waals surface area contributed by atoms with Gasteiger partial charge in [-0.05, 0) is 32.2 Å². The number of allylic oxidation sites excluding steroid dienone is 2. The molecule has 2 heterocycles. The van der Waals surface area contributed by atoms with Gasteiger partial charge in [-0.1, -0.05) is 13.8 Å². The van der Waals surface area contributed by atoms with E-state index in [0.29, 0.717) is 19.8 Å². The second-order valence-corrected chi connectivity index (χ2v) is 5.73. The Morgan fingerprint density at radius 3 is 2.60 bits per heavy atom. The van der Waals surface area contributed by atoms with Gasteiger partial charge in [-0.15, -0.1) is 0 Å². The van der Waals surface area contributed by atoms with Crippen molar-refractivity contribution in [2.45, 2.75) is 39.6 Å². The lowest BCUT2D eigenvalue weighted by Crippen LogP contribution is -2.31. The number of hydrogen-bond donors (Lipinski definition) is 0. The van der Waals surface area contributed by atoms with Crippen LogP contribution in [0, 0.1) is 11.3 Å². The number of hydrogen-bond acceptors (Lipinski definition) is 7. The minimum absolute atomic E-state index is 0.0484. The van der Waals surface area contributed by atoms with Crippen molar-refractivity contribution in [3.8, 4) is 6.07 Å². The van der Waals surface area contributed by atoms with E-state index in [9.17, 15) is 4.79 Å². The van der Waals surface area contributed by atoms with Gasteiger partial charge in [0.1, 0.15) is 24.4 Å². The second-order valence-electron chi connectivity index (χ2n) is 5.73. The molecule has 0 bridgehead atoms. The van der Waals surface area contributed by atoms with Crippen LogP contribution in [0.3, 0.4) is 0 Å². The number of carbonyl (C=O) groups excluding carboxylic acids is 1. The molecule has 140 valence electrons. The molecule has 2 rings (SSSR count). The zero-order valence-corrected chi connectivity index (χ0v) is 15.5. The molecular weight excluding hydrogens is 324 g/mol. The van der Waals surface area contributed by atoms with Crippen LogP contribution in [-0.2, 0) is 23.7 Å². The van der Waals surface area contributed by atoms with Crippen molar-refractivity contribution in [3.05, 3.63) is 23.9 Å². The van der Waals surface area contributed by atoms with Gasteiger partial charge < -0.3 is 23.8 Å². The quantitative estimate of drug-likeness (QED) is 0.324. The summed E-state index contributed by atoms with van der Waals surface area (Å²) < 4.78 is 21.3. The third kappa shape index (κ3) is 7.69. The van der Waals surface area contributed by atoms with E-state index < -0.39 is 11.8 Å². The molecule has 1 unspecified atom stereocenters. The Labute approximate surface area is 149 Å². The standard InChI is InChI=1S/C16H22N2O5.C2H6/c1-16(2)22-12-14(23-16)11-21-15(19)13(10-17)4-3-5-18-6-8-20-9-7-18;1-2/h3-5,14H,6-9,11-12H2,1-2H3;1-2H3/b5-3+,13-4+;. The van der Waals surface area contributed by atoms with Gasteiger partial charge >= 0.3 is 5.97 Å². The average Bonchev–Trinajstić information content (AvgIpc) is 2.98. The highest BCUT2D eigenvalue weighted by atomic mass is 16.7. The first kappa shape index (κ1) is 21.2. The highest BCUT2D eigenvalue weighted by Crippen LogP contribution is 2.22. The van der Waals surface area contributed by atoms with Gasteiger partial charge in [-0.25, -0.2) is 4.79 Å². The van der Waals surface area contributed by atoms with Crippen molar-refractivity contribution in [1.82, 2.24) is 4.90 Å². The van der Waals surface area contributed by atoms with E-state index in [4.69, 9.17) is 24.2 Å². The van der Waals surface area contributed by atoms with Crippen LogP contribution in [0.1, 0.15) is 27.7 Å². The van der Waals surface area contributed by atoms with Gasteiger partial charge in [0.25, 0.3) is 0 Å². The number of nitriles is 1. The van der Waals surface area contributed by atoms with Gasteiger partial charge in [-0.2, -0.15) is 5.26 Å². The maximum absolute atomic E-state index is 11.9. The molecule has 2 fully saturated rings. The molecule has 7 heteroatoms. The van der Waals surface area contributed by atoms with Crippen LogP contribution in [-0.4, -0.2) is 62.3 Å². The van der Waals surface area contributed by atoms with Crippen LogP contribution >= 0.6 is 0 Å². The first-order valence-electron chi connectivity index (χ1n) is 8.59. The summed E-state index contributed by atoms with van der Waals surface area (Å²) in [4.78, 5) is 14.0. The summed E-state index contributed by atoms with van der Waals surface area (Å²) in [5.74, 6) is -1.32. The lowest BCUT2D eigenvalue weighted by molar-refractivity contribution is -0.155. The van der Waals surface area contributed by atoms with Crippen LogP contribution in [0.25, 0.3) is 0 Å². The summed E-state index contributed by atoms with van der Waals surface area (Å²) in [5.41, 5.74) is -0.0484. The number of morpholine rings is 1. The predicted molar refractivity (Wildman–Crippen MR) is 92.4 cm³/mol. The molecule has 0 N–H and O–H groups in total. The fourth-order valence-corrected chi connectivity index (χ4v) is 2.23. The monoisotopic (exact) mass is 352 g/mol. The van der Waals surface area contributed by atoms with E-state index in [-0.39, 0.29) is 18.3 Å². The SMILES string of the molecule is CC.CC1(C)OCC(COC(=O)/C(C#N)=C/C=C/N2CCOCC2)O1. The maximum atomic E-state index is 11.9. The van der Waals surface area contributed by atoms with Gasteiger partial charge in [0.05, 0.1) is 19.8 Å². The third-order valence-corrected chi connectivity index (χ3v) is 3.41. The Bertz CT molecular complexity index is 516. The largest absolute Gasteiger partial charge is 0.459 e. The smallest absolute Gasteiger partial charge is 0.348 e. The van der Waals surface area contributed by atoms with E-state index in [1.54, 1.807) is 19.9 Å². The summed E-state index contributed by atoms with van der Waals surface area (Å²) in [7, 11) is 0. The summed E-state index contributed by atoms with van der Waals surface area (Å²) >= 11 is 0. The molecule has 0 saturated carbocycles. The zero-order chi connectivity index (χ0) is 18.7. The van der Waals surface area contributed by atoms with Gasteiger partial charge in [0, 0.05) is 13.1 Å². The lowest BCUT2D eigenvalue weighted by Gasteiger charge is -2.24. The molecule has 0 radical (unpaired) electrons. The minimum atomic E-state index is -0.661. The first-order chi connectivity index (χ1) is 12.0. The molecule has 0 amide bonds. The molecule has 2 aliphatic heterocycles. The molecule has 0 spiro atoms. The minimum Gasteiger partial charge on any atom is -0.459 e. The molecule has 1 atom stereocenters. The fraction of sp³-hybridized carbons (Fsp3) is 0.667. The normalized spacial score (nSPS) is 22.9. The zero-order valence-electron chi connectivity index (χ0n) is 15.5. The van der Waals surface area contributed by atoms with E-state index in [2.05, 4.69) is 4.90 Å². The Hall–Kier alpha value is -1.88. The predicted octanol–water partition coefficient (Wildman–Crippen LogP) is 2.00. The van der Waals surface area contributed by atoms with Crippen molar-refractivity contribution in [2.24, 2.45) is 0 Å². The molecule has 0 aromatic heterocycles.